The van der Waals surface area contributed by atoms with Crippen LogP contribution in [-0.4, -0.2) is 18.4 Å². The Morgan fingerprint density at radius 1 is 1.12 bits per heavy atom. The van der Waals surface area contributed by atoms with E-state index in [1.165, 1.54) is 0 Å². The molecule has 1 saturated heterocycles. The average Bonchev–Trinajstić information content (AvgIpc) is 3.17. The van der Waals surface area contributed by atoms with Crippen molar-refractivity contribution < 1.29 is 13.4 Å². The number of hydrogen-bond acceptors (Lipinski definition) is 4. The lowest BCUT2D eigenvalue weighted by atomic mass is 10.1. The summed E-state index contributed by atoms with van der Waals surface area (Å²) in [6, 6.07) is 18.3. The predicted molar refractivity (Wildman–Crippen MR) is 104 cm³/mol. The molecule has 3 N–H and O–H groups in total. The van der Waals surface area contributed by atoms with E-state index < -0.39 is 14.4 Å². The zero-order chi connectivity index (χ0) is 18.4. The Labute approximate surface area is 155 Å². The van der Waals surface area contributed by atoms with E-state index in [4.69, 9.17) is 14.8 Å². The third-order valence-electron chi connectivity index (χ3n) is 4.22. The minimum absolute atomic E-state index is 0.247. The molecule has 0 saturated carbocycles. The molecule has 3 rings (SSSR count). The molecule has 0 radical (unpaired) electrons. The fourth-order valence-corrected chi connectivity index (χ4v) is 4.46. The molecule has 2 aromatic carbocycles. The highest BCUT2D eigenvalue weighted by Gasteiger charge is 2.37. The largest absolute Gasteiger partial charge is 0.437 e. The molecule has 1 heterocycles. The Kier molecular flexibility index (Phi) is 6.62. The minimum Gasteiger partial charge on any atom is -0.437 e. The van der Waals surface area contributed by atoms with Crippen molar-refractivity contribution in [3.8, 4) is 11.5 Å². The van der Waals surface area contributed by atoms with Gasteiger partial charge in [-0.15, -0.1) is 0 Å². The normalized spacial score (nSPS) is 20.1. The lowest BCUT2D eigenvalue weighted by Crippen LogP contribution is -2.28. The first-order valence-corrected chi connectivity index (χ1v) is 10.1. The monoisotopic (exact) mass is 374 g/mol. The van der Waals surface area contributed by atoms with E-state index in [2.05, 4.69) is 5.32 Å². The topological polar surface area (TPSA) is 56.5 Å². The van der Waals surface area contributed by atoms with E-state index in [9.17, 15) is 4.39 Å². The molecule has 1 aliphatic rings. The average molecular weight is 374 g/mol. The van der Waals surface area contributed by atoms with Crippen LogP contribution in [0.3, 0.4) is 0 Å². The first-order chi connectivity index (χ1) is 12.7. The molecule has 2 atom stereocenters. The van der Waals surface area contributed by atoms with E-state index in [0.717, 1.165) is 0 Å². The minimum atomic E-state index is -1.48. The van der Waals surface area contributed by atoms with Crippen LogP contribution in [0.4, 0.5) is 4.39 Å². The van der Waals surface area contributed by atoms with Crippen LogP contribution >= 0.6 is 8.38 Å². The number of nitrogens with two attached hydrogens (primary N) is 1. The van der Waals surface area contributed by atoms with Crippen molar-refractivity contribution in [2.24, 2.45) is 5.73 Å². The summed E-state index contributed by atoms with van der Waals surface area (Å²) in [5, 5.41) is 3.33. The van der Waals surface area contributed by atoms with Crippen molar-refractivity contribution in [2.45, 2.75) is 31.6 Å². The summed E-state index contributed by atoms with van der Waals surface area (Å²) in [7, 11) is -1.48. The molecule has 0 aliphatic carbocycles. The van der Waals surface area contributed by atoms with Gasteiger partial charge >= 0.3 is 8.38 Å². The molecule has 138 valence electrons. The first-order valence-electron chi connectivity index (χ1n) is 8.81. The summed E-state index contributed by atoms with van der Waals surface area (Å²) in [5.41, 5.74) is 6.59. The van der Waals surface area contributed by atoms with Crippen molar-refractivity contribution in [3.63, 3.8) is 0 Å². The van der Waals surface area contributed by atoms with Crippen LogP contribution in [-0.2, 0) is 0 Å². The lowest BCUT2D eigenvalue weighted by Gasteiger charge is -2.25. The highest BCUT2D eigenvalue weighted by Crippen LogP contribution is 2.49. The molecule has 1 aliphatic heterocycles. The number of rotatable bonds is 7. The maximum Gasteiger partial charge on any atom is 0.313 e. The zero-order valence-electron chi connectivity index (χ0n) is 14.8. The molecule has 2 aromatic rings. The highest BCUT2D eigenvalue weighted by molar-refractivity contribution is 7.49. The molecule has 26 heavy (non-hydrogen) atoms. The summed E-state index contributed by atoms with van der Waals surface area (Å²) in [5.74, 6) is 0.817. The van der Waals surface area contributed by atoms with Crippen LogP contribution in [0.5, 0.6) is 11.5 Å². The maximum atomic E-state index is 14.8. The van der Waals surface area contributed by atoms with Crippen LogP contribution in [0.25, 0.3) is 0 Å². The van der Waals surface area contributed by atoms with E-state index in [0.29, 0.717) is 36.5 Å². The number of para-hydroxylation sites is 2. The Balaban J connectivity index is 1.88. The van der Waals surface area contributed by atoms with Crippen LogP contribution in [0.2, 0.25) is 0 Å². The van der Waals surface area contributed by atoms with Gasteiger partial charge in [0.1, 0.15) is 23.1 Å². The quantitative estimate of drug-likeness (QED) is 0.688. The summed E-state index contributed by atoms with van der Waals surface area (Å²) in [6.45, 7) is 2.56. The molecule has 1 fully saturated rings. The van der Waals surface area contributed by atoms with Crippen LogP contribution in [0.1, 0.15) is 19.8 Å². The Morgan fingerprint density at radius 3 is 2.15 bits per heavy atom. The number of nitrogens with one attached hydrogen (secondary N) is 1. The van der Waals surface area contributed by atoms with Gasteiger partial charge in [-0.3, -0.25) is 0 Å². The maximum absolute atomic E-state index is 14.8. The van der Waals surface area contributed by atoms with Gasteiger partial charge in [-0.1, -0.05) is 43.3 Å². The number of halogens is 1. The van der Waals surface area contributed by atoms with E-state index >= 15 is 0 Å². The van der Waals surface area contributed by atoms with Gasteiger partial charge in [-0.2, -0.15) is 0 Å². The van der Waals surface area contributed by atoms with Gasteiger partial charge in [0.25, 0.3) is 0 Å². The van der Waals surface area contributed by atoms with Gasteiger partial charge < -0.3 is 20.1 Å². The van der Waals surface area contributed by atoms with Crippen LogP contribution in [0, 0.1) is 0 Å². The third-order valence-corrected chi connectivity index (χ3v) is 5.92. The zero-order valence-corrected chi connectivity index (χ0v) is 15.7. The van der Waals surface area contributed by atoms with Crippen molar-refractivity contribution in [1.82, 2.24) is 5.32 Å². The second kappa shape index (κ2) is 9.13. The predicted octanol–water partition coefficient (Wildman–Crippen LogP) is 4.74. The summed E-state index contributed by atoms with van der Waals surface area (Å²) >= 11 is 0. The van der Waals surface area contributed by atoms with Crippen molar-refractivity contribution >= 4 is 8.38 Å². The van der Waals surface area contributed by atoms with Gasteiger partial charge in [0.05, 0.1) is 6.04 Å². The van der Waals surface area contributed by atoms with Gasteiger partial charge in [-0.25, -0.2) is 4.39 Å². The summed E-state index contributed by atoms with van der Waals surface area (Å²) in [4.78, 5) is 0. The lowest BCUT2D eigenvalue weighted by molar-refractivity contribution is 0.468. The Morgan fingerprint density at radius 2 is 1.65 bits per heavy atom. The van der Waals surface area contributed by atoms with Crippen molar-refractivity contribution in [2.75, 3.05) is 6.54 Å². The van der Waals surface area contributed by atoms with Crippen molar-refractivity contribution in [3.05, 3.63) is 72.1 Å². The second-order valence-corrected chi connectivity index (χ2v) is 7.54. The fraction of sp³-hybridized carbons (Fsp3) is 0.300. The van der Waals surface area contributed by atoms with Gasteiger partial charge in [0.15, 0.2) is 0 Å². The van der Waals surface area contributed by atoms with Gasteiger partial charge in [0, 0.05) is 6.54 Å². The second-order valence-electron chi connectivity index (χ2n) is 6.09. The van der Waals surface area contributed by atoms with Crippen LogP contribution in [0.15, 0.2) is 72.1 Å². The Hall–Kier alpha value is -1.94. The van der Waals surface area contributed by atoms with Crippen LogP contribution < -0.4 is 20.1 Å². The SMILES string of the molecule is CCC(N)C(F)=C1CCNC1P(Oc1ccccc1)Oc1ccccc1. The summed E-state index contributed by atoms with van der Waals surface area (Å²) in [6.07, 6.45) is 1.17. The standard InChI is InChI=1S/C20H24FN2O2P/c1-2-18(22)19(21)17-13-14-23-20(17)26(24-15-9-5-3-6-10-15)25-16-11-7-4-8-12-16/h3-12,18,20,23H,2,13-14,22H2,1H3. The Bertz CT molecular complexity index is 686. The smallest absolute Gasteiger partial charge is 0.313 e. The number of hydrogen-bond donors (Lipinski definition) is 2. The molecular formula is C20H24FN2O2P. The van der Waals surface area contributed by atoms with Crippen molar-refractivity contribution in [1.29, 1.82) is 0 Å². The molecule has 6 heteroatoms. The van der Waals surface area contributed by atoms with E-state index in [1.54, 1.807) is 0 Å². The number of benzene rings is 2. The summed E-state index contributed by atoms with van der Waals surface area (Å²) < 4.78 is 27.1. The van der Waals surface area contributed by atoms with E-state index in [-0.39, 0.29) is 11.6 Å². The van der Waals surface area contributed by atoms with Gasteiger partial charge in [-0.05, 0) is 42.7 Å². The third kappa shape index (κ3) is 4.61. The highest BCUT2D eigenvalue weighted by atomic mass is 31.2. The molecule has 0 amide bonds. The molecule has 4 nitrogen and oxygen atoms in total. The first kappa shape index (κ1) is 18.8. The molecule has 0 spiro atoms. The molecular weight excluding hydrogens is 350 g/mol. The fourth-order valence-electron chi connectivity index (χ4n) is 2.77. The molecule has 0 aromatic heterocycles. The van der Waals surface area contributed by atoms with E-state index in [1.807, 2.05) is 67.6 Å². The molecule has 0 bridgehead atoms. The van der Waals surface area contributed by atoms with Gasteiger partial charge in [0.2, 0.25) is 0 Å². The molecule has 2 unspecified atom stereocenters.